The van der Waals surface area contributed by atoms with Crippen molar-refractivity contribution < 1.29 is 50.9 Å². The molecule has 214 valence electrons. The lowest BCUT2D eigenvalue weighted by molar-refractivity contribution is -0.193. The van der Waals surface area contributed by atoms with E-state index < -0.39 is 24.3 Å². The molecule has 2 saturated heterocycles. The number of hydrogen-bond donors (Lipinski definition) is 2. The van der Waals surface area contributed by atoms with E-state index in [-0.39, 0.29) is 5.54 Å². The molecular formula is C25H27F6N3O5. The fraction of sp³-hybridized carbons (Fsp3) is 0.440. The molecule has 0 unspecified atom stereocenters. The topological polar surface area (TPSA) is 111 Å². The second-order valence-electron chi connectivity index (χ2n) is 8.89. The summed E-state index contributed by atoms with van der Waals surface area (Å²) in [4.78, 5) is 39.4. The molecule has 0 aliphatic carbocycles. The summed E-state index contributed by atoms with van der Waals surface area (Å²) in [6, 6.07) is 16.5. The van der Waals surface area contributed by atoms with Crippen LogP contribution in [0.5, 0.6) is 0 Å². The molecule has 14 heteroatoms. The van der Waals surface area contributed by atoms with Crippen LogP contribution in [0.1, 0.15) is 36.9 Å². The summed E-state index contributed by atoms with van der Waals surface area (Å²) < 4.78 is 63.5. The van der Waals surface area contributed by atoms with E-state index in [0.717, 1.165) is 51.1 Å². The number of alkyl halides is 6. The zero-order valence-corrected chi connectivity index (χ0v) is 20.6. The number of carbonyl (C=O) groups is 3. The van der Waals surface area contributed by atoms with Crippen LogP contribution in [0.3, 0.4) is 0 Å². The first-order valence-electron chi connectivity index (χ1n) is 11.7. The van der Waals surface area contributed by atoms with Crippen molar-refractivity contribution in [2.45, 2.75) is 56.7 Å². The molecule has 1 spiro atoms. The molecule has 0 saturated carbocycles. The molecule has 1 aromatic carbocycles. The van der Waals surface area contributed by atoms with E-state index in [2.05, 4.69) is 45.1 Å². The number of likely N-dealkylation sites (tertiary alicyclic amines) is 2. The molecule has 3 heterocycles. The third-order valence-electron chi connectivity index (χ3n) is 6.24. The summed E-state index contributed by atoms with van der Waals surface area (Å²) in [5.74, 6) is -5.19. The van der Waals surface area contributed by atoms with Crippen molar-refractivity contribution in [3.05, 3.63) is 66.0 Å². The van der Waals surface area contributed by atoms with Gasteiger partial charge in [0.2, 0.25) is 5.91 Å². The van der Waals surface area contributed by atoms with Gasteiger partial charge >= 0.3 is 24.3 Å². The van der Waals surface area contributed by atoms with Crippen LogP contribution in [0, 0.1) is 0 Å². The Morgan fingerprint density at radius 1 is 0.821 bits per heavy atom. The molecule has 1 aromatic heterocycles. The fourth-order valence-electron chi connectivity index (χ4n) is 4.26. The minimum absolute atomic E-state index is 0.0630. The maximum absolute atomic E-state index is 12.5. The van der Waals surface area contributed by atoms with Crippen LogP contribution in [-0.4, -0.2) is 73.8 Å². The molecule has 0 atom stereocenters. The molecule has 1 amide bonds. The smallest absolute Gasteiger partial charge is 0.475 e. The van der Waals surface area contributed by atoms with Crippen molar-refractivity contribution in [3.63, 3.8) is 0 Å². The second kappa shape index (κ2) is 13.4. The largest absolute Gasteiger partial charge is 0.490 e. The SMILES string of the molecule is O=C(O)C(F)(F)F.O=C(O)C(F)(F)F.O=C1CCC2(CCN(Cc3ccccn3)CC2)N1Cc1ccccc1. The van der Waals surface area contributed by atoms with Gasteiger partial charge in [-0.05, 0) is 37.0 Å². The highest BCUT2D eigenvalue weighted by Crippen LogP contribution is 2.40. The number of carboxylic acid groups (broad SMARTS) is 2. The third-order valence-corrected chi connectivity index (χ3v) is 6.24. The van der Waals surface area contributed by atoms with E-state index in [1.807, 2.05) is 24.4 Å². The summed E-state index contributed by atoms with van der Waals surface area (Å²) in [6.45, 7) is 3.73. The average molecular weight is 563 g/mol. The van der Waals surface area contributed by atoms with Gasteiger partial charge in [0.05, 0.1) is 5.69 Å². The van der Waals surface area contributed by atoms with Crippen LogP contribution in [0.15, 0.2) is 54.7 Å². The van der Waals surface area contributed by atoms with E-state index in [9.17, 15) is 31.1 Å². The standard InChI is InChI=1S/C21H25N3O.2C2HF3O2/c25-20-9-10-21(24(20)16-18-6-2-1-3-7-18)11-14-23(15-12-21)17-19-8-4-5-13-22-19;2*3-2(4,5)1(6)7/h1-8,13H,9-12,14-17H2;2*(H,6,7). The van der Waals surface area contributed by atoms with Crippen molar-refractivity contribution in [2.75, 3.05) is 13.1 Å². The fourth-order valence-corrected chi connectivity index (χ4v) is 4.26. The van der Waals surface area contributed by atoms with E-state index >= 15 is 0 Å². The van der Waals surface area contributed by atoms with Crippen molar-refractivity contribution in [2.24, 2.45) is 0 Å². The number of pyridine rings is 1. The number of hydrogen-bond acceptors (Lipinski definition) is 5. The van der Waals surface area contributed by atoms with E-state index in [0.29, 0.717) is 12.3 Å². The molecule has 0 radical (unpaired) electrons. The van der Waals surface area contributed by atoms with Gasteiger partial charge in [-0.2, -0.15) is 26.3 Å². The molecule has 4 rings (SSSR count). The predicted molar refractivity (Wildman–Crippen MR) is 125 cm³/mol. The Bertz CT molecular complexity index is 1060. The first-order valence-corrected chi connectivity index (χ1v) is 11.7. The number of piperidine rings is 1. The van der Waals surface area contributed by atoms with Gasteiger partial charge in [0.1, 0.15) is 0 Å². The van der Waals surface area contributed by atoms with Gasteiger partial charge in [-0.1, -0.05) is 36.4 Å². The van der Waals surface area contributed by atoms with Crippen LogP contribution >= 0.6 is 0 Å². The Hall–Kier alpha value is -3.68. The molecule has 39 heavy (non-hydrogen) atoms. The molecule has 8 nitrogen and oxygen atoms in total. The Labute approximate surface area is 219 Å². The van der Waals surface area contributed by atoms with E-state index in [4.69, 9.17) is 19.8 Å². The predicted octanol–water partition coefficient (Wildman–Crippen LogP) is 4.51. The minimum Gasteiger partial charge on any atom is -0.475 e. The van der Waals surface area contributed by atoms with Gasteiger partial charge in [-0.15, -0.1) is 0 Å². The summed E-state index contributed by atoms with van der Waals surface area (Å²) in [6.07, 6.45) is -4.46. The zero-order valence-electron chi connectivity index (χ0n) is 20.6. The molecule has 2 aliphatic rings. The van der Waals surface area contributed by atoms with Gasteiger partial charge in [-0.25, -0.2) is 9.59 Å². The lowest BCUT2D eigenvalue weighted by Gasteiger charge is -2.45. The Balaban J connectivity index is 0.000000317. The monoisotopic (exact) mass is 563 g/mol. The zero-order chi connectivity index (χ0) is 29.3. The Kier molecular flexibility index (Phi) is 10.8. The number of benzene rings is 1. The highest BCUT2D eigenvalue weighted by Gasteiger charge is 2.46. The highest BCUT2D eigenvalue weighted by molar-refractivity contribution is 5.79. The van der Waals surface area contributed by atoms with Crippen LogP contribution in [0.4, 0.5) is 26.3 Å². The van der Waals surface area contributed by atoms with Gasteiger partial charge in [0.25, 0.3) is 0 Å². The molecule has 2 aromatic rings. The number of rotatable bonds is 4. The van der Waals surface area contributed by atoms with Crippen LogP contribution < -0.4 is 0 Å². The summed E-state index contributed by atoms with van der Waals surface area (Å²) in [5, 5.41) is 14.2. The van der Waals surface area contributed by atoms with Gasteiger partial charge < -0.3 is 15.1 Å². The molecule has 2 N–H and O–H groups in total. The highest BCUT2D eigenvalue weighted by atomic mass is 19.4. The number of halogens is 6. The first kappa shape index (κ1) is 31.5. The van der Waals surface area contributed by atoms with Gasteiger partial charge in [-0.3, -0.25) is 14.7 Å². The van der Waals surface area contributed by atoms with Crippen molar-refractivity contribution in [3.8, 4) is 0 Å². The minimum atomic E-state index is -5.08. The summed E-state index contributed by atoms with van der Waals surface area (Å²) >= 11 is 0. The summed E-state index contributed by atoms with van der Waals surface area (Å²) in [7, 11) is 0. The maximum atomic E-state index is 12.5. The van der Waals surface area contributed by atoms with Crippen molar-refractivity contribution >= 4 is 17.8 Å². The molecular weight excluding hydrogens is 536 g/mol. The van der Waals surface area contributed by atoms with Crippen molar-refractivity contribution in [1.82, 2.24) is 14.8 Å². The number of aliphatic carboxylic acids is 2. The average Bonchev–Trinajstić information content (AvgIpc) is 3.16. The maximum Gasteiger partial charge on any atom is 0.490 e. The Morgan fingerprint density at radius 3 is 1.79 bits per heavy atom. The third kappa shape index (κ3) is 9.85. The first-order chi connectivity index (χ1) is 18.1. The Morgan fingerprint density at radius 2 is 1.33 bits per heavy atom. The van der Waals surface area contributed by atoms with Gasteiger partial charge in [0, 0.05) is 44.3 Å². The second-order valence-corrected chi connectivity index (χ2v) is 8.89. The van der Waals surface area contributed by atoms with Crippen LogP contribution in [-0.2, 0) is 27.5 Å². The van der Waals surface area contributed by atoms with E-state index in [1.165, 1.54) is 5.56 Å². The van der Waals surface area contributed by atoms with E-state index in [1.54, 1.807) is 0 Å². The lowest BCUT2D eigenvalue weighted by Crippen LogP contribution is -2.52. The van der Waals surface area contributed by atoms with Crippen LogP contribution in [0.2, 0.25) is 0 Å². The summed E-state index contributed by atoms with van der Waals surface area (Å²) in [5.41, 5.74) is 2.42. The molecule has 0 bridgehead atoms. The quantitative estimate of drug-likeness (QED) is 0.527. The number of aromatic nitrogens is 1. The van der Waals surface area contributed by atoms with Crippen LogP contribution in [0.25, 0.3) is 0 Å². The number of carboxylic acids is 2. The number of amides is 1. The molecule has 2 aliphatic heterocycles. The normalized spacial score (nSPS) is 17.1. The number of carbonyl (C=O) groups excluding carboxylic acids is 1. The molecule has 2 fully saturated rings. The lowest BCUT2D eigenvalue weighted by atomic mass is 9.84. The van der Waals surface area contributed by atoms with Crippen molar-refractivity contribution in [1.29, 1.82) is 0 Å². The number of nitrogens with zero attached hydrogens (tertiary/aromatic N) is 3. The van der Waals surface area contributed by atoms with Gasteiger partial charge in [0.15, 0.2) is 0 Å².